The van der Waals surface area contributed by atoms with Gasteiger partial charge in [-0.2, -0.15) is 0 Å². The Morgan fingerprint density at radius 2 is 1.81 bits per heavy atom. The Labute approximate surface area is 93.5 Å². The number of oxazole rings is 1. The van der Waals surface area contributed by atoms with E-state index in [0.29, 0.717) is 0 Å². The fourth-order valence-electron chi connectivity index (χ4n) is 2.01. The summed E-state index contributed by atoms with van der Waals surface area (Å²) in [6.45, 7) is 2.12. The van der Waals surface area contributed by atoms with Crippen LogP contribution in [0.2, 0.25) is 0 Å². The molecule has 0 atom stereocenters. The van der Waals surface area contributed by atoms with Crippen LogP contribution in [-0.4, -0.2) is 4.98 Å². The summed E-state index contributed by atoms with van der Waals surface area (Å²) < 4.78 is 5.36. The molecule has 0 aliphatic carbocycles. The van der Waals surface area contributed by atoms with Crippen molar-refractivity contribution in [2.24, 2.45) is 0 Å². The van der Waals surface area contributed by atoms with Crippen LogP contribution in [-0.2, 0) is 0 Å². The molecule has 0 radical (unpaired) electrons. The lowest BCUT2D eigenvalue weighted by Crippen LogP contribution is -1.82. The third-order valence-electron chi connectivity index (χ3n) is 2.84. The van der Waals surface area contributed by atoms with Crippen molar-refractivity contribution in [3.05, 3.63) is 54.6 Å². The minimum atomic E-state index is 0.816. The van der Waals surface area contributed by atoms with Crippen molar-refractivity contribution >= 4 is 10.8 Å². The van der Waals surface area contributed by atoms with Crippen LogP contribution in [0, 0.1) is 6.92 Å². The topological polar surface area (TPSA) is 26.0 Å². The normalized spacial score (nSPS) is 10.8. The quantitative estimate of drug-likeness (QED) is 0.609. The SMILES string of the molecule is Cc1ccc(-c2cnco2)c2ccccc12. The molecule has 2 nitrogen and oxygen atoms in total. The Morgan fingerprint density at radius 3 is 2.56 bits per heavy atom. The zero-order valence-electron chi connectivity index (χ0n) is 8.97. The lowest BCUT2D eigenvalue weighted by Gasteiger charge is -2.06. The molecule has 0 saturated heterocycles. The van der Waals surface area contributed by atoms with Crippen LogP contribution in [0.25, 0.3) is 22.1 Å². The van der Waals surface area contributed by atoms with Crippen LogP contribution in [0.4, 0.5) is 0 Å². The highest BCUT2D eigenvalue weighted by atomic mass is 16.3. The molecule has 0 N–H and O–H groups in total. The largest absolute Gasteiger partial charge is 0.443 e. The van der Waals surface area contributed by atoms with Gasteiger partial charge in [0, 0.05) is 5.56 Å². The smallest absolute Gasteiger partial charge is 0.181 e. The summed E-state index contributed by atoms with van der Waals surface area (Å²) in [6, 6.07) is 12.5. The molecular weight excluding hydrogens is 198 g/mol. The second-order valence-electron chi connectivity index (χ2n) is 3.84. The average Bonchev–Trinajstić information content (AvgIpc) is 2.83. The number of rotatable bonds is 1. The van der Waals surface area contributed by atoms with E-state index in [0.717, 1.165) is 11.3 Å². The number of hydrogen-bond donors (Lipinski definition) is 0. The third-order valence-corrected chi connectivity index (χ3v) is 2.84. The summed E-state index contributed by atoms with van der Waals surface area (Å²) >= 11 is 0. The van der Waals surface area contributed by atoms with E-state index in [2.05, 4.69) is 42.2 Å². The van der Waals surface area contributed by atoms with Crippen molar-refractivity contribution in [1.29, 1.82) is 0 Å². The summed E-state index contributed by atoms with van der Waals surface area (Å²) in [5.41, 5.74) is 2.37. The molecule has 0 unspecified atom stereocenters. The van der Waals surface area contributed by atoms with E-state index >= 15 is 0 Å². The molecule has 0 fully saturated rings. The Bertz CT molecular complexity index is 626. The predicted molar refractivity (Wildman–Crippen MR) is 64.2 cm³/mol. The van der Waals surface area contributed by atoms with E-state index in [9.17, 15) is 0 Å². The van der Waals surface area contributed by atoms with Gasteiger partial charge < -0.3 is 4.42 Å². The minimum Gasteiger partial charge on any atom is -0.443 e. The number of aryl methyl sites for hydroxylation is 1. The lowest BCUT2D eigenvalue weighted by atomic mass is 9.99. The van der Waals surface area contributed by atoms with E-state index in [4.69, 9.17) is 4.42 Å². The Hall–Kier alpha value is -2.09. The molecule has 1 heterocycles. The molecule has 0 spiro atoms. The number of nitrogens with zero attached hydrogens (tertiary/aromatic N) is 1. The van der Waals surface area contributed by atoms with Crippen LogP contribution in [0.5, 0.6) is 0 Å². The van der Waals surface area contributed by atoms with Crippen LogP contribution in [0.15, 0.2) is 53.4 Å². The molecule has 0 saturated carbocycles. The van der Waals surface area contributed by atoms with Gasteiger partial charge in [0.1, 0.15) is 0 Å². The van der Waals surface area contributed by atoms with Gasteiger partial charge >= 0.3 is 0 Å². The minimum absolute atomic E-state index is 0.816. The first-order valence-corrected chi connectivity index (χ1v) is 5.23. The van der Waals surface area contributed by atoms with Crippen molar-refractivity contribution in [1.82, 2.24) is 4.98 Å². The summed E-state index contributed by atoms with van der Waals surface area (Å²) in [5.74, 6) is 0.816. The van der Waals surface area contributed by atoms with Gasteiger partial charge in [0.05, 0.1) is 6.20 Å². The van der Waals surface area contributed by atoms with Crippen molar-refractivity contribution in [3.63, 3.8) is 0 Å². The highest BCUT2D eigenvalue weighted by molar-refractivity contribution is 5.97. The van der Waals surface area contributed by atoms with Gasteiger partial charge in [0.2, 0.25) is 0 Å². The van der Waals surface area contributed by atoms with Gasteiger partial charge in [-0.05, 0) is 23.3 Å². The zero-order chi connectivity index (χ0) is 11.0. The molecule has 78 valence electrons. The van der Waals surface area contributed by atoms with E-state index in [1.165, 1.54) is 22.7 Å². The molecule has 0 aliphatic rings. The molecule has 3 rings (SSSR count). The molecule has 2 aromatic carbocycles. The standard InChI is InChI=1S/C14H11NO/c1-10-6-7-13(14-8-15-9-16-14)12-5-3-2-4-11(10)12/h2-9H,1H3. The van der Waals surface area contributed by atoms with Crippen molar-refractivity contribution in [2.45, 2.75) is 6.92 Å². The third kappa shape index (κ3) is 1.31. The van der Waals surface area contributed by atoms with Crippen LogP contribution < -0.4 is 0 Å². The molecule has 3 aromatic rings. The van der Waals surface area contributed by atoms with Crippen molar-refractivity contribution in [3.8, 4) is 11.3 Å². The maximum atomic E-state index is 5.36. The van der Waals surface area contributed by atoms with Crippen molar-refractivity contribution < 1.29 is 4.42 Å². The lowest BCUT2D eigenvalue weighted by molar-refractivity contribution is 0.572. The summed E-state index contributed by atoms with van der Waals surface area (Å²) in [7, 11) is 0. The molecule has 16 heavy (non-hydrogen) atoms. The summed E-state index contributed by atoms with van der Waals surface area (Å²) in [4.78, 5) is 3.96. The number of aromatic nitrogens is 1. The maximum Gasteiger partial charge on any atom is 0.181 e. The van der Waals surface area contributed by atoms with Gasteiger partial charge in [-0.1, -0.05) is 36.4 Å². The van der Waals surface area contributed by atoms with Gasteiger partial charge in [0.25, 0.3) is 0 Å². The fourth-order valence-corrected chi connectivity index (χ4v) is 2.01. The molecule has 0 bridgehead atoms. The number of hydrogen-bond acceptors (Lipinski definition) is 2. The monoisotopic (exact) mass is 209 g/mol. The summed E-state index contributed by atoms with van der Waals surface area (Å²) in [5, 5.41) is 2.47. The van der Waals surface area contributed by atoms with Crippen LogP contribution >= 0.6 is 0 Å². The Balaban J connectivity index is 2.39. The second-order valence-corrected chi connectivity index (χ2v) is 3.84. The number of benzene rings is 2. The zero-order valence-corrected chi connectivity index (χ0v) is 8.97. The molecule has 0 aliphatic heterocycles. The first-order valence-electron chi connectivity index (χ1n) is 5.23. The van der Waals surface area contributed by atoms with E-state index in [-0.39, 0.29) is 0 Å². The maximum absolute atomic E-state index is 5.36. The second kappa shape index (κ2) is 3.49. The molecule has 1 aromatic heterocycles. The van der Waals surface area contributed by atoms with Crippen LogP contribution in [0.1, 0.15) is 5.56 Å². The highest BCUT2D eigenvalue weighted by Gasteiger charge is 2.07. The first kappa shape index (κ1) is 9.16. The fraction of sp³-hybridized carbons (Fsp3) is 0.0714. The molecular formula is C14H11NO. The number of fused-ring (bicyclic) bond motifs is 1. The summed E-state index contributed by atoms with van der Waals surface area (Å²) in [6.07, 6.45) is 3.21. The first-order chi connectivity index (χ1) is 7.86. The van der Waals surface area contributed by atoms with Crippen LogP contribution in [0.3, 0.4) is 0 Å². The molecule has 0 amide bonds. The van der Waals surface area contributed by atoms with E-state index in [1.807, 2.05) is 6.07 Å². The van der Waals surface area contributed by atoms with Gasteiger partial charge in [-0.3, -0.25) is 0 Å². The van der Waals surface area contributed by atoms with E-state index in [1.54, 1.807) is 6.20 Å². The van der Waals surface area contributed by atoms with Gasteiger partial charge in [0.15, 0.2) is 12.2 Å². The highest BCUT2D eigenvalue weighted by Crippen LogP contribution is 2.30. The average molecular weight is 209 g/mol. The Kier molecular flexibility index (Phi) is 2.00. The van der Waals surface area contributed by atoms with Gasteiger partial charge in [-0.25, -0.2) is 4.98 Å². The van der Waals surface area contributed by atoms with E-state index < -0.39 is 0 Å². The van der Waals surface area contributed by atoms with Gasteiger partial charge in [-0.15, -0.1) is 0 Å². The predicted octanol–water partition coefficient (Wildman–Crippen LogP) is 3.80. The molecule has 2 heteroatoms. The Morgan fingerprint density at radius 1 is 1.00 bits per heavy atom. The van der Waals surface area contributed by atoms with Crippen molar-refractivity contribution in [2.75, 3.05) is 0 Å².